The second-order valence-corrected chi connectivity index (χ2v) is 11.2. The van der Waals surface area contributed by atoms with Crippen molar-refractivity contribution >= 4 is 28.8 Å². The fourth-order valence-electron chi connectivity index (χ4n) is 4.42. The molecule has 0 fully saturated rings. The molecule has 0 spiro atoms. The minimum absolute atomic E-state index is 0.0890. The van der Waals surface area contributed by atoms with Gasteiger partial charge in [-0.1, -0.05) is 41.6 Å². The van der Waals surface area contributed by atoms with Gasteiger partial charge in [0.25, 0.3) is 0 Å². The second kappa shape index (κ2) is 10.9. The maximum Gasteiger partial charge on any atom is 0.338 e. The van der Waals surface area contributed by atoms with Gasteiger partial charge in [-0.15, -0.1) is 0 Å². The number of esters is 1. The average molecular weight is 519 g/mol. The fraction of sp³-hybridized carbons (Fsp3) is 0.379. The molecule has 0 aliphatic carbocycles. The molecule has 2 aliphatic heterocycles. The molecule has 0 saturated carbocycles. The lowest BCUT2D eigenvalue weighted by molar-refractivity contribution is -0.150. The summed E-state index contributed by atoms with van der Waals surface area (Å²) in [5.41, 5.74) is 5.37. The predicted molar refractivity (Wildman–Crippen MR) is 148 cm³/mol. The van der Waals surface area contributed by atoms with Crippen LogP contribution in [-0.2, 0) is 20.7 Å². The number of allylic oxidation sites excluding steroid dienone is 1. The van der Waals surface area contributed by atoms with Crippen molar-refractivity contribution < 1.29 is 14.3 Å². The average Bonchev–Trinajstić information content (AvgIpc) is 3.21. The standard InChI is InChI=1S/C29H34N4O3S/c1-18-10-11-19(2)23(15-18)26-25(27(35)36-29(4,5)6)20(3)32-28-33(26)22(17-37-28)16-24(34)31-14-12-21-9-7-8-13-30-21/h7-11,13,15,17,26H,12,14,16H2,1-6H3,(H,31,34). The first-order valence-corrected chi connectivity index (χ1v) is 13.3. The molecule has 7 nitrogen and oxygen atoms in total. The van der Waals surface area contributed by atoms with Gasteiger partial charge in [-0.2, -0.15) is 0 Å². The van der Waals surface area contributed by atoms with Crippen molar-refractivity contribution in [2.24, 2.45) is 4.99 Å². The Morgan fingerprint density at radius 3 is 2.62 bits per heavy atom. The number of benzene rings is 1. The van der Waals surface area contributed by atoms with Crippen LogP contribution in [0.3, 0.4) is 0 Å². The lowest BCUT2D eigenvalue weighted by Crippen LogP contribution is -2.39. The van der Waals surface area contributed by atoms with E-state index in [1.165, 1.54) is 11.8 Å². The summed E-state index contributed by atoms with van der Waals surface area (Å²) in [6, 6.07) is 11.5. The Hall–Kier alpha value is -3.39. The van der Waals surface area contributed by atoms with Crippen molar-refractivity contribution in [1.82, 2.24) is 15.2 Å². The van der Waals surface area contributed by atoms with E-state index in [0.717, 1.165) is 33.2 Å². The van der Waals surface area contributed by atoms with Crippen molar-refractivity contribution in [2.45, 2.75) is 66.0 Å². The zero-order valence-corrected chi connectivity index (χ0v) is 23.1. The summed E-state index contributed by atoms with van der Waals surface area (Å²) in [6.07, 6.45) is 2.59. The second-order valence-electron chi connectivity index (χ2n) is 10.4. The van der Waals surface area contributed by atoms with Crippen molar-refractivity contribution in [3.8, 4) is 0 Å². The van der Waals surface area contributed by atoms with E-state index in [0.29, 0.717) is 24.2 Å². The number of aliphatic imine (C=N–C) groups is 1. The maximum atomic E-state index is 13.5. The number of carbonyl (C=O) groups excluding carboxylic acids is 2. The highest BCUT2D eigenvalue weighted by Crippen LogP contribution is 2.46. The zero-order chi connectivity index (χ0) is 26.7. The van der Waals surface area contributed by atoms with E-state index in [1.54, 1.807) is 6.20 Å². The Balaban J connectivity index is 1.61. The number of aromatic nitrogens is 1. The Kier molecular flexibility index (Phi) is 7.87. The van der Waals surface area contributed by atoms with E-state index < -0.39 is 17.6 Å². The number of aryl methyl sites for hydroxylation is 2. The van der Waals surface area contributed by atoms with E-state index in [1.807, 2.05) is 70.0 Å². The summed E-state index contributed by atoms with van der Waals surface area (Å²) >= 11 is 1.47. The number of thioether (sulfide) groups is 1. The Morgan fingerprint density at radius 2 is 1.92 bits per heavy atom. The number of hydrogen-bond acceptors (Lipinski definition) is 7. The number of pyridine rings is 1. The van der Waals surface area contributed by atoms with Crippen LogP contribution in [0.2, 0.25) is 0 Å². The van der Waals surface area contributed by atoms with E-state index in [2.05, 4.69) is 28.5 Å². The molecule has 1 N–H and O–H groups in total. The molecular formula is C29H34N4O3S. The van der Waals surface area contributed by atoms with Gasteiger partial charge >= 0.3 is 5.97 Å². The summed E-state index contributed by atoms with van der Waals surface area (Å²) in [4.78, 5) is 37.5. The van der Waals surface area contributed by atoms with Gasteiger partial charge in [0, 0.05) is 30.6 Å². The molecule has 2 aliphatic rings. The molecule has 194 valence electrons. The van der Waals surface area contributed by atoms with E-state index >= 15 is 0 Å². The molecule has 1 atom stereocenters. The van der Waals surface area contributed by atoms with Crippen LogP contribution in [0.25, 0.3) is 0 Å². The van der Waals surface area contributed by atoms with Crippen molar-refractivity contribution in [3.05, 3.63) is 87.4 Å². The minimum atomic E-state index is -0.646. The molecule has 1 unspecified atom stereocenters. The Bertz CT molecular complexity index is 1290. The SMILES string of the molecule is CC1=C(C(=O)OC(C)(C)C)C(c2cc(C)ccc2C)N2C(CC(=O)NCCc3ccccn3)=CSC2=N1. The highest BCUT2D eigenvalue weighted by molar-refractivity contribution is 8.16. The number of nitrogens with zero attached hydrogens (tertiary/aromatic N) is 3. The van der Waals surface area contributed by atoms with Gasteiger partial charge < -0.3 is 15.0 Å². The third kappa shape index (κ3) is 6.31. The number of rotatable bonds is 7. The highest BCUT2D eigenvalue weighted by atomic mass is 32.2. The van der Waals surface area contributed by atoms with Gasteiger partial charge in [0.2, 0.25) is 5.91 Å². The predicted octanol–water partition coefficient (Wildman–Crippen LogP) is 5.36. The van der Waals surface area contributed by atoms with Crippen molar-refractivity contribution in [3.63, 3.8) is 0 Å². The van der Waals surface area contributed by atoms with Crippen molar-refractivity contribution in [1.29, 1.82) is 0 Å². The molecule has 3 heterocycles. The number of nitrogens with one attached hydrogen (secondary N) is 1. The lowest BCUT2D eigenvalue weighted by atomic mass is 9.89. The normalized spacial score (nSPS) is 17.2. The molecule has 0 radical (unpaired) electrons. The van der Waals surface area contributed by atoms with Crippen LogP contribution in [0.1, 0.15) is 62.5 Å². The lowest BCUT2D eigenvalue weighted by Gasteiger charge is -2.37. The van der Waals surface area contributed by atoms with Crippen LogP contribution in [0, 0.1) is 13.8 Å². The molecule has 0 saturated heterocycles. The molecule has 2 aromatic rings. The Labute approximate surface area is 223 Å². The molecule has 1 aromatic carbocycles. The number of carbonyl (C=O) groups is 2. The summed E-state index contributed by atoms with van der Waals surface area (Å²) in [5.74, 6) is -0.483. The first kappa shape index (κ1) is 26.7. The van der Waals surface area contributed by atoms with Crippen LogP contribution in [0.4, 0.5) is 0 Å². The molecule has 1 amide bonds. The molecule has 1 aromatic heterocycles. The highest BCUT2D eigenvalue weighted by Gasteiger charge is 2.42. The van der Waals surface area contributed by atoms with E-state index in [4.69, 9.17) is 9.73 Å². The summed E-state index contributed by atoms with van der Waals surface area (Å²) in [7, 11) is 0. The first-order chi connectivity index (χ1) is 17.5. The van der Waals surface area contributed by atoms with Gasteiger partial charge in [-0.3, -0.25) is 9.78 Å². The van der Waals surface area contributed by atoms with Gasteiger partial charge in [-0.05, 0) is 70.2 Å². The maximum absolute atomic E-state index is 13.5. The van der Waals surface area contributed by atoms with Gasteiger partial charge in [-0.25, -0.2) is 9.79 Å². The smallest absolute Gasteiger partial charge is 0.338 e. The largest absolute Gasteiger partial charge is 0.456 e. The molecule has 37 heavy (non-hydrogen) atoms. The quantitative estimate of drug-likeness (QED) is 0.497. The van der Waals surface area contributed by atoms with E-state index in [-0.39, 0.29) is 12.3 Å². The third-order valence-corrected chi connectivity index (χ3v) is 7.01. The van der Waals surface area contributed by atoms with E-state index in [9.17, 15) is 9.59 Å². The summed E-state index contributed by atoms with van der Waals surface area (Å²) < 4.78 is 5.83. The number of ether oxygens (including phenoxy) is 1. The van der Waals surface area contributed by atoms with Gasteiger partial charge in [0.05, 0.1) is 23.7 Å². The van der Waals surface area contributed by atoms with Crippen LogP contribution in [-0.4, -0.2) is 39.1 Å². The van der Waals surface area contributed by atoms with Crippen LogP contribution >= 0.6 is 11.8 Å². The van der Waals surface area contributed by atoms with Gasteiger partial charge in [0.1, 0.15) is 5.60 Å². The molecule has 8 heteroatoms. The topological polar surface area (TPSA) is 83.9 Å². The fourth-order valence-corrected chi connectivity index (χ4v) is 5.38. The van der Waals surface area contributed by atoms with Crippen LogP contribution in [0.5, 0.6) is 0 Å². The Morgan fingerprint density at radius 1 is 1.14 bits per heavy atom. The number of amidine groups is 1. The number of fused-ring (bicyclic) bond motifs is 1. The molecular weight excluding hydrogens is 484 g/mol. The summed E-state index contributed by atoms with van der Waals surface area (Å²) in [6.45, 7) is 12.0. The number of amides is 1. The van der Waals surface area contributed by atoms with Gasteiger partial charge in [0.15, 0.2) is 5.17 Å². The van der Waals surface area contributed by atoms with Crippen LogP contribution in [0.15, 0.2) is 70.0 Å². The summed E-state index contributed by atoms with van der Waals surface area (Å²) in [5, 5.41) is 5.72. The third-order valence-electron chi connectivity index (χ3n) is 6.12. The zero-order valence-electron chi connectivity index (χ0n) is 22.3. The molecule has 0 bridgehead atoms. The van der Waals surface area contributed by atoms with Crippen molar-refractivity contribution in [2.75, 3.05) is 6.54 Å². The van der Waals surface area contributed by atoms with Crippen LogP contribution < -0.4 is 5.32 Å². The molecule has 4 rings (SSSR count). The monoisotopic (exact) mass is 518 g/mol. The number of hydrogen-bond donors (Lipinski definition) is 1. The minimum Gasteiger partial charge on any atom is -0.456 e. The first-order valence-electron chi connectivity index (χ1n) is 12.4.